The lowest BCUT2D eigenvalue weighted by Crippen LogP contribution is -2.40. The molecule has 0 aromatic rings. The number of nitrogens with zero attached hydrogens (tertiary/aromatic N) is 2. The van der Waals surface area contributed by atoms with Crippen molar-refractivity contribution in [1.82, 2.24) is 10.2 Å². The zero-order chi connectivity index (χ0) is 16.2. The number of rotatable bonds is 10. The molecule has 0 bridgehead atoms. The van der Waals surface area contributed by atoms with E-state index in [9.17, 15) is 0 Å². The molecular weight excluding hydrogens is 274 g/mol. The van der Waals surface area contributed by atoms with Crippen LogP contribution in [0.4, 0.5) is 0 Å². The Morgan fingerprint density at radius 2 is 2.00 bits per heavy atom. The summed E-state index contributed by atoms with van der Waals surface area (Å²) in [5.74, 6) is 2.85. The van der Waals surface area contributed by atoms with Crippen LogP contribution in [0.1, 0.15) is 59.3 Å². The van der Waals surface area contributed by atoms with Crippen molar-refractivity contribution in [3.05, 3.63) is 0 Å². The quantitative estimate of drug-likeness (QED) is 0.381. The molecule has 1 atom stereocenters. The molecule has 1 N–H and O–H groups in total. The van der Waals surface area contributed by atoms with Gasteiger partial charge in [-0.3, -0.25) is 4.99 Å². The molecule has 0 saturated carbocycles. The first-order chi connectivity index (χ1) is 10.8. The van der Waals surface area contributed by atoms with Gasteiger partial charge in [-0.1, -0.05) is 26.7 Å². The van der Waals surface area contributed by atoms with Gasteiger partial charge in [-0.05, 0) is 44.4 Å². The summed E-state index contributed by atoms with van der Waals surface area (Å²) in [7, 11) is 1.77. The van der Waals surface area contributed by atoms with E-state index in [0.717, 1.165) is 56.9 Å². The maximum Gasteiger partial charge on any atom is 0.193 e. The van der Waals surface area contributed by atoms with Crippen LogP contribution < -0.4 is 5.32 Å². The lowest BCUT2D eigenvalue weighted by Gasteiger charge is -2.24. The van der Waals surface area contributed by atoms with Gasteiger partial charge in [0.05, 0.1) is 0 Å². The summed E-state index contributed by atoms with van der Waals surface area (Å²) in [5, 5.41) is 3.47. The van der Waals surface area contributed by atoms with Gasteiger partial charge in [0, 0.05) is 39.9 Å². The SMILES string of the molecule is CCNC(=NCCCCCOC)N1CCC(C(CC)CC)C1. The average Bonchev–Trinajstić information content (AvgIpc) is 3.00. The molecule has 1 fully saturated rings. The summed E-state index contributed by atoms with van der Waals surface area (Å²) < 4.78 is 5.09. The van der Waals surface area contributed by atoms with Gasteiger partial charge in [0.1, 0.15) is 0 Å². The topological polar surface area (TPSA) is 36.9 Å². The van der Waals surface area contributed by atoms with Crippen molar-refractivity contribution in [3.63, 3.8) is 0 Å². The van der Waals surface area contributed by atoms with Crippen molar-refractivity contribution >= 4 is 5.96 Å². The van der Waals surface area contributed by atoms with Crippen molar-refractivity contribution in [2.75, 3.05) is 39.9 Å². The molecule has 0 radical (unpaired) electrons. The zero-order valence-electron chi connectivity index (χ0n) is 15.2. The van der Waals surface area contributed by atoms with Gasteiger partial charge in [-0.15, -0.1) is 0 Å². The fraction of sp³-hybridized carbons (Fsp3) is 0.944. The molecular formula is C18H37N3O. The number of hydrogen-bond acceptors (Lipinski definition) is 2. The summed E-state index contributed by atoms with van der Waals surface area (Å²) in [6.45, 7) is 11.9. The van der Waals surface area contributed by atoms with Gasteiger partial charge in [0.25, 0.3) is 0 Å². The number of aliphatic imine (C=N–C) groups is 1. The maximum atomic E-state index is 5.09. The van der Waals surface area contributed by atoms with Crippen LogP contribution in [0.15, 0.2) is 4.99 Å². The molecule has 0 amide bonds. The minimum Gasteiger partial charge on any atom is -0.385 e. The van der Waals surface area contributed by atoms with Gasteiger partial charge >= 0.3 is 0 Å². The Labute approximate surface area is 137 Å². The second kappa shape index (κ2) is 11.8. The van der Waals surface area contributed by atoms with Gasteiger partial charge in [-0.25, -0.2) is 0 Å². The Balaban J connectivity index is 2.42. The molecule has 1 saturated heterocycles. The normalized spacial score (nSPS) is 19.2. The number of ether oxygens (including phenoxy) is 1. The summed E-state index contributed by atoms with van der Waals surface area (Å²) in [5.41, 5.74) is 0. The van der Waals surface area contributed by atoms with E-state index < -0.39 is 0 Å². The standard InChI is InChI=1S/C18H37N3O/c1-5-16(6-2)17-11-13-21(15-17)18(19-7-3)20-12-9-8-10-14-22-4/h16-17H,5-15H2,1-4H3,(H,19,20). The first kappa shape index (κ1) is 19.3. The minimum atomic E-state index is 0.848. The van der Waals surface area contributed by atoms with E-state index >= 15 is 0 Å². The zero-order valence-corrected chi connectivity index (χ0v) is 15.2. The summed E-state index contributed by atoms with van der Waals surface area (Å²) in [6, 6.07) is 0. The molecule has 0 aliphatic carbocycles. The molecule has 1 aliphatic rings. The Morgan fingerprint density at radius 3 is 2.64 bits per heavy atom. The molecule has 0 spiro atoms. The third kappa shape index (κ3) is 6.55. The maximum absolute atomic E-state index is 5.09. The van der Waals surface area contributed by atoms with Crippen LogP contribution >= 0.6 is 0 Å². The fourth-order valence-corrected chi connectivity index (χ4v) is 3.47. The molecule has 1 aliphatic heterocycles. The first-order valence-electron chi connectivity index (χ1n) is 9.28. The minimum absolute atomic E-state index is 0.848. The van der Waals surface area contributed by atoms with E-state index in [1.165, 1.54) is 32.2 Å². The van der Waals surface area contributed by atoms with E-state index in [-0.39, 0.29) is 0 Å². The number of methoxy groups -OCH3 is 1. The van der Waals surface area contributed by atoms with Crippen molar-refractivity contribution in [2.45, 2.75) is 59.3 Å². The predicted molar refractivity (Wildman–Crippen MR) is 95.5 cm³/mol. The molecule has 0 aromatic carbocycles. The second-order valence-electron chi connectivity index (χ2n) is 6.36. The molecule has 22 heavy (non-hydrogen) atoms. The van der Waals surface area contributed by atoms with Crippen molar-refractivity contribution in [1.29, 1.82) is 0 Å². The number of hydrogen-bond donors (Lipinski definition) is 1. The molecule has 4 heteroatoms. The molecule has 4 nitrogen and oxygen atoms in total. The molecule has 130 valence electrons. The van der Waals surface area contributed by atoms with Crippen LogP contribution in [-0.2, 0) is 4.74 Å². The number of likely N-dealkylation sites (tertiary alicyclic amines) is 1. The highest BCUT2D eigenvalue weighted by molar-refractivity contribution is 5.80. The number of nitrogens with one attached hydrogen (secondary N) is 1. The van der Waals surface area contributed by atoms with E-state index in [1.54, 1.807) is 7.11 Å². The highest BCUT2D eigenvalue weighted by Crippen LogP contribution is 2.28. The van der Waals surface area contributed by atoms with Gasteiger partial charge in [0.2, 0.25) is 0 Å². The Morgan fingerprint density at radius 1 is 1.23 bits per heavy atom. The number of unbranched alkanes of at least 4 members (excludes halogenated alkanes) is 2. The third-order valence-electron chi connectivity index (χ3n) is 4.84. The highest BCUT2D eigenvalue weighted by Gasteiger charge is 2.29. The van der Waals surface area contributed by atoms with Crippen LogP contribution in [-0.4, -0.2) is 50.8 Å². The van der Waals surface area contributed by atoms with Crippen molar-refractivity contribution in [3.8, 4) is 0 Å². The van der Waals surface area contributed by atoms with Gasteiger partial charge < -0.3 is 15.0 Å². The smallest absolute Gasteiger partial charge is 0.193 e. The Kier molecular flexibility index (Phi) is 10.3. The largest absolute Gasteiger partial charge is 0.385 e. The van der Waals surface area contributed by atoms with Gasteiger partial charge in [0.15, 0.2) is 5.96 Å². The van der Waals surface area contributed by atoms with Crippen LogP contribution in [0, 0.1) is 11.8 Å². The summed E-state index contributed by atoms with van der Waals surface area (Å²) >= 11 is 0. The van der Waals surface area contributed by atoms with Gasteiger partial charge in [-0.2, -0.15) is 0 Å². The molecule has 1 rings (SSSR count). The third-order valence-corrected chi connectivity index (χ3v) is 4.84. The second-order valence-corrected chi connectivity index (χ2v) is 6.36. The molecule has 1 unspecified atom stereocenters. The van der Waals surface area contributed by atoms with E-state index in [4.69, 9.17) is 9.73 Å². The van der Waals surface area contributed by atoms with E-state index in [0.29, 0.717) is 0 Å². The van der Waals surface area contributed by atoms with E-state index in [2.05, 4.69) is 31.0 Å². The first-order valence-corrected chi connectivity index (χ1v) is 9.28. The summed E-state index contributed by atoms with van der Waals surface area (Å²) in [6.07, 6.45) is 7.44. The monoisotopic (exact) mass is 311 g/mol. The molecule has 0 aromatic heterocycles. The van der Waals surface area contributed by atoms with Crippen molar-refractivity contribution < 1.29 is 4.74 Å². The van der Waals surface area contributed by atoms with Crippen molar-refractivity contribution in [2.24, 2.45) is 16.8 Å². The number of guanidine groups is 1. The van der Waals surface area contributed by atoms with E-state index in [1.807, 2.05) is 0 Å². The Hall–Kier alpha value is -0.770. The lowest BCUT2D eigenvalue weighted by molar-refractivity contribution is 0.192. The average molecular weight is 312 g/mol. The Bertz CT molecular complexity index is 303. The van der Waals surface area contributed by atoms with Crippen LogP contribution in [0.3, 0.4) is 0 Å². The van der Waals surface area contributed by atoms with Crippen LogP contribution in [0.25, 0.3) is 0 Å². The highest BCUT2D eigenvalue weighted by atomic mass is 16.5. The fourth-order valence-electron chi connectivity index (χ4n) is 3.47. The van der Waals surface area contributed by atoms with Crippen LogP contribution in [0.5, 0.6) is 0 Å². The molecule has 1 heterocycles. The predicted octanol–water partition coefficient (Wildman–Crippen LogP) is 3.53. The lowest BCUT2D eigenvalue weighted by atomic mass is 9.87. The summed E-state index contributed by atoms with van der Waals surface area (Å²) in [4.78, 5) is 7.30. The van der Waals surface area contributed by atoms with Crippen LogP contribution in [0.2, 0.25) is 0 Å².